The number of nitrogens with zero attached hydrogens (tertiary/aromatic N) is 6. The summed E-state index contributed by atoms with van der Waals surface area (Å²) in [5.41, 5.74) is 2.81. The van der Waals surface area contributed by atoms with Crippen LogP contribution in [0, 0.1) is 5.82 Å². The smallest absolute Gasteiger partial charge is 0.271 e. The third-order valence-electron chi connectivity index (χ3n) is 6.89. The molecule has 2 fully saturated rings. The summed E-state index contributed by atoms with van der Waals surface area (Å²) in [6.45, 7) is 0. The fourth-order valence-corrected chi connectivity index (χ4v) is 4.62. The lowest BCUT2D eigenvalue weighted by Gasteiger charge is -2.14. The number of pyridine rings is 1. The molecule has 0 atom stereocenters. The molecule has 0 aliphatic heterocycles. The summed E-state index contributed by atoms with van der Waals surface area (Å²) in [6.07, 6.45) is 7.07. The number of halogens is 1. The maximum Gasteiger partial charge on any atom is 0.271 e. The van der Waals surface area contributed by atoms with E-state index >= 15 is 0 Å². The number of hydrogen-bond donors (Lipinski definition) is 1. The Morgan fingerprint density at radius 1 is 1.06 bits per heavy atom. The van der Waals surface area contributed by atoms with Crippen LogP contribution in [0.2, 0.25) is 0 Å². The molecule has 2 aliphatic carbocycles. The first-order chi connectivity index (χ1) is 17.1. The van der Waals surface area contributed by atoms with E-state index in [1.165, 1.54) is 12.1 Å². The number of nitrogens with one attached hydrogen (secondary N) is 1. The molecule has 7 rings (SSSR count). The minimum Gasteiger partial charge on any atom is -0.349 e. The minimum atomic E-state index is -0.588. The Labute approximate surface area is 199 Å². The van der Waals surface area contributed by atoms with E-state index in [0.29, 0.717) is 22.9 Å². The zero-order valence-electron chi connectivity index (χ0n) is 18.6. The van der Waals surface area contributed by atoms with Crippen LogP contribution in [0.4, 0.5) is 4.39 Å². The van der Waals surface area contributed by atoms with E-state index in [4.69, 9.17) is 5.10 Å². The van der Waals surface area contributed by atoms with Gasteiger partial charge in [0, 0.05) is 23.2 Å². The van der Waals surface area contributed by atoms with E-state index in [-0.39, 0.29) is 22.9 Å². The van der Waals surface area contributed by atoms with Crippen LogP contribution in [0.15, 0.2) is 60.9 Å². The molecule has 0 bridgehead atoms. The highest BCUT2D eigenvalue weighted by molar-refractivity contribution is 5.95. The van der Waals surface area contributed by atoms with Crippen LogP contribution >= 0.6 is 0 Å². The first-order valence-corrected chi connectivity index (χ1v) is 11.7. The van der Waals surface area contributed by atoms with Crippen LogP contribution < -0.4 is 5.32 Å². The Kier molecular flexibility index (Phi) is 4.24. The number of benzene rings is 2. The SMILES string of the molecule is O=C(NC1CC1)c1ccc(-c2cnc3nnc(C4(c5ccc6ncccc6c5)CC4)n3n2)cc1F. The molecule has 8 nitrogen and oxygen atoms in total. The van der Waals surface area contributed by atoms with Gasteiger partial charge in [-0.15, -0.1) is 10.2 Å². The Morgan fingerprint density at radius 3 is 2.74 bits per heavy atom. The molecule has 0 spiro atoms. The van der Waals surface area contributed by atoms with Gasteiger partial charge in [0.05, 0.1) is 22.7 Å². The lowest BCUT2D eigenvalue weighted by atomic mass is 9.94. The summed E-state index contributed by atoms with van der Waals surface area (Å²) >= 11 is 0. The van der Waals surface area contributed by atoms with Crippen molar-refractivity contribution in [2.45, 2.75) is 37.1 Å². The normalized spacial score (nSPS) is 16.5. The van der Waals surface area contributed by atoms with E-state index in [2.05, 4.69) is 37.6 Å². The number of fused-ring (bicyclic) bond motifs is 2. The number of aromatic nitrogens is 6. The van der Waals surface area contributed by atoms with Gasteiger partial charge < -0.3 is 5.32 Å². The lowest BCUT2D eigenvalue weighted by Crippen LogP contribution is -2.26. The molecule has 2 aromatic carbocycles. The van der Waals surface area contributed by atoms with Crippen molar-refractivity contribution in [1.82, 2.24) is 35.1 Å². The molecule has 1 amide bonds. The minimum absolute atomic E-state index is 0.0300. The Hall–Kier alpha value is -4.27. The molecule has 0 radical (unpaired) electrons. The van der Waals surface area contributed by atoms with E-state index in [1.807, 2.05) is 18.2 Å². The number of carbonyl (C=O) groups excluding carboxylic acids is 1. The van der Waals surface area contributed by atoms with Crippen molar-refractivity contribution in [1.29, 1.82) is 0 Å². The van der Waals surface area contributed by atoms with Gasteiger partial charge >= 0.3 is 0 Å². The van der Waals surface area contributed by atoms with Crippen LogP contribution in [0.1, 0.15) is 47.4 Å². The van der Waals surface area contributed by atoms with Gasteiger partial charge in [0.2, 0.25) is 0 Å². The van der Waals surface area contributed by atoms with Gasteiger partial charge in [-0.2, -0.15) is 9.61 Å². The average molecular weight is 465 g/mol. The number of carbonyl (C=O) groups is 1. The van der Waals surface area contributed by atoms with Gasteiger partial charge in [-0.1, -0.05) is 18.2 Å². The summed E-state index contributed by atoms with van der Waals surface area (Å²) in [5.74, 6) is 0.125. The third kappa shape index (κ3) is 3.34. The van der Waals surface area contributed by atoms with Crippen LogP contribution in [0.5, 0.6) is 0 Å². The van der Waals surface area contributed by atoms with Crippen LogP contribution in [-0.4, -0.2) is 41.7 Å². The Morgan fingerprint density at radius 2 is 1.94 bits per heavy atom. The Bertz CT molecular complexity index is 1640. The van der Waals surface area contributed by atoms with Crippen molar-refractivity contribution in [2.24, 2.45) is 0 Å². The maximum atomic E-state index is 14.8. The highest BCUT2D eigenvalue weighted by Crippen LogP contribution is 2.53. The van der Waals surface area contributed by atoms with Crippen molar-refractivity contribution < 1.29 is 9.18 Å². The fourth-order valence-electron chi connectivity index (χ4n) is 4.62. The van der Waals surface area contributed by atoms with E-state index in [1.54, 1.807) is 23.0 Å². The number of hydrogen-bond acceptors (Lipinski definition) is 6. The molecule has 172 valence electrons. The molecule has 35 heavy (non-hydrogen) atoms. The van der Waals surface area contributed by atoms with Crippen molar-refractivity contribution in [3.8, 4) is 11.3 Å². The molecular formula is C26H20FN7O. The van der Waals surface area contributed by atoms with Crippen molar-refractivity contribution in [3.05, 3.63) is 83.7 Å². The van der Waals surface area contributed by atoms with Gasteiger partial charge in [-0.05, 0) is 61.6 Å². The van der Waals surface area contributed by atoms with E-state index < -0.39 is 5.82 Å². The maximum absolute atomic E-state index is 14.8. The summed E-state index contributed by atoms with van der Waals surface area (Å²) in [6, 6.07) is 14.9. The van der Waals surface area contributed by atoms with Crippen LogP contribution in [0.25, 0.3) is 27.9 Å². The second-order valence-electron chi connectivity index (χ2n) is 9.31. The second-order valence-corrected chi connectivity index (χ2v) is 9.31. The largest absolute Gasteiger partial charge is 0.349 e. The molecule has 3 heterocycles. The standard InChI is InChI=1S/C26H20FN7O/c27-20-13-16(3-7-19(20)23(35)30-18-5-6-18)22-14-29-25-32-31-24(34(25)33-22)26(9-10-26)17-4-8-21-15(12-17)2-1-11-28-21/h1-4,7-8,11-14,18H,5-6,9-10H2,(H,30,35). The predicted molar refractivity (Wildman–Crippen MR) is 126 cm³/mol. The van der Waals surface area contributed by atoms with Crippen LogP contribution in [0.3, 0.4) is 0 Å². The quantitative estimate of drug-likeness (QED) is 0.424. The van der Waals surface area contributed by atoms with Crippen molar-refractivity contribution in [3.63, 3.8) is 0 Å². The summed E-state index contributed by atoms with van der Waals surface area (Å²) < 4.78 is 16.4. The predicted octanol–water partition coefficient (Wildman–Crippen LogP) is 3.85. The zero-order chi connectivity index (χ0) is 23.6. The molecule has 2 saturated carbocycles. The Balaban J connectivity index is 1.27. The summed E-state index contributed by atoms with van der Waals surface area (Å²) in [5, 5.41) is 17.3. The molecule has 0 unspecified atom stereocenters. The van der Waals surface area contributed by atoms with E-state index in [0.717, 1.165) is 42.1 Å². The fraction of sp³-hybridized carbons (Fsp3) is 0.231. The highest BCUT2D eigenvalue weighted by atomic mass is 19.1. The molecule has 3 aromatic heterocycles. The van der Waals surface area contributed by atoms with Crippen molar-refractivity contribution in [2.75, 3.05) is 0 Å². The molecule has 0 saturated heterocycles. The number of rotatable bonds is 5. The molecular weight excluding hydrogens is 445 g/mol. The van der Waals surface area contributed by atoms with Gasteiger partial charge in [-0.25, -0.2) is 9.37 Å². The van der Waals surface area contributed by atoms with Gasteiger partial charge in [0.1, 0.15) is 11.5 Å². The van der Waals surface area contributed by atoms with Crippen LogP contribution in [-0.2, 0) is 5.41 Å². The van der Waals surface area contributed by atoms with E-state index in [9.17, 15) is 9.18 Å². The molecule has 1 N–H and O–H groups in total. The molecule has 2 aliphatic rings. The molecule has 5 aromatic rings. The highest BCUT2D eigenvalue weighted by Gasteiger charge is 2.50. The van der Waals surface area contributed by atoms with Gasteiger partial charge in [0.25, 0.3) is 11.7 Å². The second kappa shape index (κ2) is 7.36. The monoisotopic (exact) mass is 465 g/mol. The zero-order valence-corrected chi connectivity index (χ0v) is 18.6. The first-order valence-electron chi connectivity index (χ1n) is 11.7. The lowest BCUT2D eigenvalue weighted by molar-refractivity contribution is 0.0947. The summed E-state index contributed by atoms with van der Waals surface area (Å²) in [4.78, 5) is 21.1. The van der Waals surface area contributed by atoms with Crippen molar-refractivity contribution >= 4 is 22.6 Å². The number of amides is 1. The summed E-state index contributed by atoms with van der Waals surface area (Å²) in [7, 11) is 0. The topological polar surface area (TPSA) is 98.0 Å². The third-order valence-corrected chi connectivity index (χ3v) is 6.89. The molecule has 9 heteroatoms. The average Bonchev–Trinajstić information content (AvgIpc) is 3.82. The van der Waals surface area contributed by atoms with Gasteiger partial charge in [0.15, 0.2) is 5.82 Å². The first kappa shape index (κ1) is 20.1. The van der Waals surface area contributed by atoms with Gasteiger partial charge in [-0.3, -0.25) is 9.78 Å².